The van der Waals surface area contributed by atoms with Crippen LogP contribution >= 0.6 is 11.6 Å². The number of aliphatic hydroxyl groups is 1. The van der Waals surface area contributed by atoms with Crippen LogP contribution in [0, 0.1) is 0 Å². The average Bonchev–Trinajstić information content (AvgIpc) is 2.08. The van der Waals surface area contributed by atoms with Crippen molar-refractivity contribution < 1.29 is 18.6 Å². The summed E-state index contributed by atoms with van der Waals surface area (Å²) >= 11 is 5.71. The van der Waals surface area contributed by atoms with E-state index in [4.69, 9.17) is 16.7 Å². The molecule has 0 fully saturated rings. The molecule has 0 amide bonds. The SMILES string of the molecule is C[C@H](O)Cc1cc(Cl)ccc1OC(F)F. The summed E-state index contributed by atoms with van der Waals surface area (Å²) in [5.74, 6) is 0.0512. The van der Waals surface area contributed by atoms with Gasteiger partial charge in [0.25, 0.3) is 0 Å². The van der Waals surface area contributed by atoms with Gasteiger partial charge in [-0.25, -0.2) is 0 Å². The van der Waals surface area contributed by atoms with Gasteiger partial charge in [-0.2, -0.15) is 8.78 Å². The third-order valence-electron chi connectivity index (χ3n) is 1.75. The first-order valence-electron chi connectivity index (χ1n) is 4.40. The minimum absolute atomic E-state index is 0.0512. The van der Waals surface area contributed by atoms with Crippen LogP contribution in [0.3, 0.4) is 0 Å². The second-order valence-electron chi connectivity index (χ2n) is 3.18. The fourth-order valence-corrected chi connectivity index (χ4v) is 1.43. The van der Waals surface area contributed by atoms with Gasteiger partial charge >= 0.3 is 6.61 Å². The normalized spacial score (nSPS) is 12.9. The Hall–Kier alpha value is -0.870. The van der Waals surface area contributed by atoms with Gasteiger partial charge in [0.05, 0.1) is 6.10 Å². The number of aliphatic hydroxyl groups excluding tert-OH is 1. The van der Waals surface area contributed by atoms with Crippen LogP contribution in [0.2, 0.25) is 5.02 Å². The van der Waals surface area contributed by atoms with Gasteiger partial charge < -0.3 is 9.84 Å². The predicted molar refractivity (Wildman–Crippen MR) is 53.5 cm³/mol. The Morgan fingerprint density at radius 2 is 2.13 bits per heavy atom. The Morgan fingerprint density at radius 1 is 1.47 bits per heavy atom. The van der Waals surface area contributed by atoms with Crippen LogP contribution in [0.25, 0.3) is 0 Å². The first kappa shape index (κ1) is 12.2. The number of halogens is 3. The highest BCUT2D eigenvalue weighted by molar-refractivity contribution is 6.30. The molecule has 0 aromatic heterocycles. The van der Waals surface area contributed by atoms with Crippen molar-refractivity contribution in [3.8, 4) is 5.75 Å². The highest BCUT2D eigenvalue weighted by atomic mass is 35.5. The molecule has 1 atom stereocenters. The molecule has 0 saturated heterocycles. The summed E-state index contributed by atoms with van der Waals surface area (Å²) in [4.78, 5) is 0. The highest BCUT2D eigenvalue weighted by Crippen LogP contribution is 2.25. The molecule has 5 heteroatoms. The van der Waals surface area contributed by atoms with Crippen molar-refractivity contribution in [3.63, 3.8) is 0 Å². The van der Waals surface area contributed by atoms with Crippen LogP contribution in [-0.2, 0) is 6.42 Å². The molecule has 1 rings (SSSR count). The lowest BCUT2D eigenvalue weighted by Crippen LogP contribution is -2.09. The first-order chi connectivity index (χ1) is 6.99. The van der Waals surface area contributed by atoms with Crippen LogP contribution in [-0.4, -0.2) is 17.8 Å². The molecule has 0 aliphatic carbocycles. The Morgan fingerprint density at radius 3 is 2.67 bits per heavy atom. The van der Waals surface area contributed by atoms with Crippen molar-refractivity contribution in [2.75, 3.05) is 0 Å². The summed E-state index contributed by atoms with van der Waals surface area (Å²) in [7, 11) is 0. The van der Waals surface area contributed by atoms with Crippen molar-refractivity contribution in [2.24, 2.45) is 0 Å². The lowest BCUT2D eigenvalue weighted by Gasteiger charge is -2.12. The van der Waals surface area contributed by atoms with Gasteiger partial charge in [0.2, 0.25) is 0 Å². The van der Waals surface area contributed by atoms with Gasteiger partial charge in [0, 0.05) is 11.4 Å². The molecule has 84 valence electrons. The molecule has 0 saturated carbocycles. The number of hydrogen-bond donors (Lipinski definition) is 1. The van der Waals surface area contributed by atoms with E-state index < -0.39 is 12.7 Å². The lowest BCUT2D eigenvalue weighted by atomic mass is 10.1. The molecule has 0 unspecified atom stereocenters. The molecule has 15 heavy (non-hydrogen) atoms. The van der Waals surface area contributed by atoms with Crippen LogP contribution in [0.4, 0.5) is 8.78 Å². The number of ether oxygens (including phenoxy) is 1. The average molecular weight is 237 g/mol. The molecule has 1 N–H and O–H groups in total. The topological polar surface area (TPSA) is 29.5 Å². The maximum Gasteiger partial charge on any atom is 0.387 e. The largest absolute Gasteiger partial charge is 0.435 e. The predicted octanol–water partition coefficient (Wildman–Crippen LogP) is 2.86. The minimum atomic E-state index is -2.88. The number of benzene rings is 1. The van der Waals surface area contributed by atoms with Crippen LogP contribution < -0.4 is 4.74 Å². The van der Waals surface area contributed by atoms with Gasteiger partial charge in [-0.1, -0.05) is 11.6 Å². The van der Waals surface area contributed by atoms with Gasteiger partial charge in [-0.3, -0.25) is 0 Å². The zero-order valence-corrected chi connectivity index (χ0v) is 8.84. The Balaban J connectivity index is 2.92. The van der Waals surface area contributed by atoms with Crippen LogP contribution in [0.5, 0.6) is 5.75 Å². The second kappa shape index (κ2) is 5.28. The quantitative estimate of drug-likeness (QED) is 0.871. The monoisotopic (exact) mass is 236 g/mol. The summed E-state index contributed by atoms with van der Waals surface area (Å²) in [5.41, 5.74) is 0.470. The Kier molecular flexibility index (Phi) is 4.29. The van der Waals surface area contributed by atoms with Crippen molar-refractivity contribution in [1.82, 2.24) is 0 Å². The molecule has 1 aromatic carbocycles. The molecule has 0 aliphatic heterocycles. The number of rotatable bonds is 4. The van der Waals surface area contributed by atoms with Crippen LogP contribution in [0.15, 0.2) is 18.2 Å². The molecule has 0 heterocycles. The third-order valence-corrected chi connectivity index (χ3v) is 1.99. The molecule has 0 bridgehead atoms. The highest BCUT2D eigenvalue weighted by Gasteiger charge is 2.11. The van der Waals surface area contributed by atoms with Gasteiger partial charge in [-0.15, -0.1) is 0 Å². The van der Waals surface area contributed by atoms with E-state index in [0.717, 1.165) is 0 Å². The summed E-state index contributed by atoms with van der Waals surface area (Å²) in [5, 5.41) is 9.59. The van der Waals surface area contributed by atoms with E-state index in [1.165, 1.54) is 18.2 Å². The molecule has 1 aromatic rings. The first-order valence-corrected chi connectivity index (χ1v) is 4.78. The molecule has 0 spiro atoms. The van der Waals surface area contributed by atoms with Gasteiger partial charge in [0.15, 0.2) is 0 Å². The minimum Gasteiger partial charge on any atom is -0.435 e. The summed E-state index contributed by atoms with van der Waals surface area (Å²) < 4.78 is 28.3. The van der Waals surface area contributed by atoms with E-state index in [1.54, 1.807) is 6.92 Å². The Bertz CT molecular complexity index is 329. The van der Waals surface area contributed by atoms with Crippen molar-refractivity contribution >= 4 is 11.6 Å². The van der Waals surface area contributed by atoms with Crippen LogP contribution in [0.1, 0.15) is 12.5 Å². The van der Waals surface area contributed by atoms with E-state index in [1.807, 2.05) is 0 Å². The summed E-state index contributed by atoms with van der Waals surface area (Å²) in [6.07, 6.45) is -0.411. The second-order valence-corrected chi connectivity index (χ2v) is 3.62. The lowest BCUT2D eigenvalue weighted by molar-refractivity contribution is -0.0506. The zero-order valence-electron chi connectivity index (χ0n) is 8.08. The summed E-state index contributed by atoms with van der Waals surface area (Å²) in [6.45, 7) is -1.31. The maximum absolute atomic E-state index is 12.0. The third kappa shape index (κ3) is 4.01. The van der Waals surface area contributed by atoms with E-state index in [-0.39, 0.29) is 12.2 Å². The van der Waals surface area contributed by atoms with Gasteiger partial charge in [-0.05, 0) is 30.7 Å². The maximum atomic E-state index is 12.0. The molecular weight excluding hydrogens is 226 g/mol. The summed E-state index contributed by atoms with van der Waals surface area (Å²) in [6, 6.07) is 4.34. The molecule has 0 radical (unpaired) electrons. The van der Waals surface area contributed by atoms with E-state index in [0.29, 0.717) is 10.6 Å². The molecule has 2 nitrogen and oxygen atoms in total. The number of alkyl halides is 2. The van der Waals surface area contributed by atoms with Crippen molar-refractivity contribution in [3.05, 3.63) is 28.8 Å². The molecular formula is C10H11ClF2O2. The fraction of sp³-hybridized carbons (Fsp3) is 0.400. The van der Waals surface area contributed by atoms with Gasteiger partial charge in [0.1, 0.15) is 5.75 Å². The Labute approximate surface area is 91.4 Å². The van der Waals surface area contributed by atoms with Crippen molar-refractivity contribution in [1.29, 1.82) is 0 Å². The van der Waals surface area contributed by atoms with E-state index >= 15 is 0 Å². The standard InChI is InChI=1S/C10H11ClF2O2/c1-6(14)4-7-5-8(11)2-3-9(7)15-10(12)13/h2-3,5-6,10,14H,4H2,1H3/t6-/m0/s1. The fourth-order valence-electron chi connectivity index (χ4n) is 1.24. The van der Waals surface area contributed by atoms with E-state index in [2.05, 4.69) is 4.74 Å². The number of hydrogen-bond acceptors (Lipinski definition) is 2. The van der Waals surface area contributed by atoms with Crippen molar-refractivity contribution in [2.45, 2.75) is 26.1 Å². The molecule has 0 aliphatic rings. The zero-order chi connectivity index (χ0) is 11.4. The van der Waals surface area contributed by atoms with E-state index in [9.17, 15) is 8.78 Å². The smallest absolute Gasteiger partial charge is 0.387 e.